The number of anilines is 1. The molecule has 1 atom stereocenters. The van der Waals surface area contributed by atoms with E-state index in [0.29, 0.717) is 31.2 Å². The molecule has 0 radical (unpaired) electrons. The summed E-state index contributed by atoms with van der Waals surface area (Å²) < 4.78 is 37.4. The number of para-hydroxylation sites is 2. The number of benzene rings is 2. The Balaban J connectivity index is 1.55. The van der Waals surface area contributed by atoms with Gasteiger partial charge in [0.05, 0.1) is 31.2 Å². The van der Waals surface area contributed by atoms with Crippen molar-refractivity contribution in [3.63, 3.8) is 0 Å². The fourth-order valence-electron chi connectivity index (χ4n) is 2.88. The highest BCUT2D eigenvalue weighted by Crippen LogP contribution is 2.34. The number of carbonyl (C=O) groups excluding carboxylic acids is 1. The minimum atomic E-state index is -3.51. The summed E-state index contributed by atoms with van der Waals surface area (Å²) in [5, 5.41) is 2.75. The molecule has 0 aromatic heterocycles. The fourth-order valence-corrected chi connectivity index (χ4v) is 4.01. The van der Waals surface area contributed by atoms with Crippen molar-refractivity contribution in [1.29, 1.82) is 0 Å². The van der Waals surface area contributed by atoms with Crippen molar-refractivity contribution in [1.82, 2.24) is 5.32 Å². The summed E-state index contributed by atoms with van der Waals surface area (Å²) in [6, 6.07) is 16.6. The summed E-state index contributed by atoms with van der Waals surface area (Å²) in [5.41, 5.74) is 1.51. The third-order valence-corrected chi connectivity index (χ3v) is 6.13. The number of ether oxygens (including phenoxy) is 2. The molecule has 7 nitrogen and oxygen atoms in total. The van der Waals surface area contributed by atoms with Gasteiger partial charge in [0.25, 0.3) is 5.91 Å². The van der Waals surface area contributed by atoms with Crippen molar-refractivity contribution in [3.05, 3.63) is 60.2 Å². The molecule has 1 N–H and O–H groups in total. The van der Waals surface area contributed by atoms with Crippen LogP contribution in [0.1, 0.15) is 12.5 Å². The molecule has 150 valence electrons. The average Bonchev–Trinajstić information content (AvgIpc) is 2.73. The monoisotopic (exact) mass is 404 g/mol. The Hall–Kier alpha value is -2.58. The van der Waals surface area contributed by atoms with Crippen LogP contribution in [0.2, 0.25) is 0 Å². The van der Waals surface area contributed by atoms with Gasteiger partial charge in [-0.1, -0.05) is 42.5 Å². The summed E-state index contributed by atoms with van der Waals surface area (Å²) in [7, 11) is -3.51. The van der Waals surface area contributed by atoms with E-state index >= 15 is 0 Å². The van der Waals surface area contributed by atoms with Crippen molar-refractivity contribution in [2.75, 3.05) is 29.8 Å². The Morgan fingerprint density at radius 3 is 2.64 bits per heavy atom. The average molecular weight is 404 g/mol. The lowest BCUT2D eigenvalue weighted by Gasteiger charge is -2.34. The van der Waals surface area contributed by atoms with E-state index in [0.717, 1.165) is 5.56 Å². The SMILES string of the molecule is CCS(=O)(=O)N1C[C@@H](C(=O)NCCOCc2ccccc2)Oc2ccccc21. The second-order valence-electron chi connectivity index (χ2n) is 6.34. The predicted octanol–water partition coefficient (Wildman–Crippen LogP) is 1.94. The van der Waals surface area contributed by atoms with E-state index in [1.165, 1.54) is 4.31 Å². The van der Waals surface area contributed by atoms with E-state index < -0.39 is 16.1 Å². The lowest BCUT2D eigenvalue weighted by molar-refractivity contribution is -0.128. The van der Waals surface area contributed by atoms with Crippen LogP contribution < -0.4 is 14.4 Å². The lowest BCUT2D eigenvalue weighted by Crippen LogP contribution is -2.51. The van der Waals surface area contributed by atoms with E-state index in [2.05, 4.69) is 5.32 Å². The number of nitrogens with zero attached hydrogens (tertiary/aromatic N) is 1. The Labute approximate surface area is 165 Å². The number of sulfonamides is 1. The Morgan fingerprint density at radius 2 is 1.89 bits per heavy atom. The van der Waals surface area contributed by atoms with Crippen LogP contribution >= 0.6 is 0 Å². The molecular weight excluding hydrogens is 380 g/mol. The van der Waals surface area contributed by atoms with Gasteiger partial charge in [-0.15, -0.1) is 0 Å². The number of rotatable bonds is 8. The Bertz CT molecular complexity index is 902. The number of hydrogen-bond donors (Lipinski definition) is 1. The van der Waals surface area contributed by atoms with E-state index in [-0.39, 0.29) is 18.2 Å². The van der Waals surface area contributed by atoms with Crippen molar-refractivity contribution < 1.29 is 22.7 Å². The van der Waals surface area contributed by atoms with Crippen LogP contribution in [-0.4, -0.2) is 45.9 Å². The summed E-state index contributed by atoms with van der Waals surface area (Å²) in [5.74, 6) is -0.0383. The highest BCUT2D eigenvalue weighted by Gasteiger charge is 2.35. The third kappa shape index (κ3) is 4.82. The molecule has 2 aromatic carbocycles. The lowest BCUT2D eigenvalue weighted by atomic mass is 10.2. The molecule has 0 aliphatic carbocycles. The second kappa shape index (κ2) is 9.07. The van der Waals surface area contributed by atoms with Gasteiger partial charge in [-0.25, -0.2) is 8.42 Å². The molecule has 3 rings (SSSR count). The summed E-state index contributed by atoms with van der Waals surface area (Å²) >= 11 is 0. The molecule has 0 unspecified atom stereocenters. The van der Waals surface area contributed by atoms with Gasteiger partial charge in [0.1, 0.15) is 5.75 Å². The maximum atomic E-state index is 12.5. The molecule has 1 amide bonds. The highest BCUT2D eigenvalue weighted by atomic mass is 32.2. The van der Waals surface area contributed by atoms with Crippen LogP contribution in [0.25, 0.3) is 0 Å². The molecule has 28 heavy (non-hydrogen) atoms. The van der Waals surface area contributed by atoms with Crippen molar-refractivity contribution in [2.45, 2.75) is 19.6 Å². The van der Waals surface area contributed by atoms with Gasteiger partial charge in [0.15, 0.2) is 6.10 Å². The topological polar surface area (TPSA) is 84.9 Å². The summed E-state index contributed by atoms with van der Waals surface area (Å²) in [6.45, 7) is 2.65. The molecule has 0 saturated heterocycles. The molecule has 0 spiro atoms. The van der Waals surface area contributed by atoms with Gasteiger partial charge < -0.3 is 14.8 Å². The first-order chi connectivity index (χ1) is 13.5. The van der Waals surface area contributed by atoms with Gasteiger partial charge >= 0.3 is 0 Å². The number of amides is 1. The molecule has 0 fully saturated rings. The van der Waals surface area contributed by atoms with Crippen molar-refractivity contribution in [2.24, 2.45) is 0 Å². The number of fused-ring (bicyclic) bond motifs is 1. The normalized spacial score (nSPS) is 16.2. The van der Waals surface area contributed by atoms with Gasteiger partial charge in [-0.2, -0.15) is 0 Å². The standard InChI is InChI=1S/C20H24N2O5S/c1-2-28(24,25)22-14-19(27-18-11-7-6-10-17(18)22)20(23)21-12-13-26-15-16-8-4-3-5-9-16/h3-11,19H,2,12-15H2,1H3,(H,21,23)/t19-/m0/s1. The number of carbonyl (C=O) groups is 1. The predicted molar refractivity (Wildman–Crippen MR) is 107 cm³/mol. The molecule has 1 heterocycles. The van der Waals surface area contributed by atoms with Crippen molar-refractivity contribution >= 4 is 21.6 Å². The molecule has 1 aliphatic heterocycles. The minimum absolute atomic E-state index is 0.0517. The van der Waals surface area contributed by atoms with Crippen LogP contribution in [0, 0.1) is 0 Å². The Morgan fingerprint density at radius 1 is 1.18 bits per heavy atom. The summed E-state index contributed by atoms with van der Waals surface area (Å²) in [4.78, 5) is 12.5. The zero-order chi connectivity index (χ0) is 20.0. The van der Waals surface area contributed by atoms with E-state index in [4.69, 9.17) is 9.47 Å². The van der Waals surface area contributed by atoms with Crippen LogP contribution in [0.15, 0.2) is 54.6 Å². The first-order valence-electron chi connectivity index (χ1n) is 9.16. The number of hydrogen-bond acceptors (Lipinski definition) is 5. The molecule has 2 aromatic rings. The van der Waals surface area contributed by atoms with Gasteiger partial charge in [0.2, 0.25) is 10.0 Å². The Kier molecular flexibility index (Phi) is 6.53. The fraction of sp³-hybridized carbons (Fsp3) is 0.350. The molecule has 0 bridgehead atoms. The summed E-state index contributed by atoms with van der Waals surface area (Å²) in [6.07, 6.45) is -0.912. The van der Waals surface area contributed by atoms with Crippen molar-refractivity contribution in [3.8, 4) is 5.75 Å². The smallest absolute Gasteiger partial charge is 0.263 e. The second-order valence-corrected chi connectivity index (χ2v) is 8.52. The molecular formula is C20H24N2O5S. The highest BCUT2D eigenvalue weighted by molar-refractivity contribution is 7.92. The van der Waals surface area contributed by atoms with Gasteiger partial charge in [-0.3, -0.25) is 9.10 Å². The molecule has 8 heteroatoms. The van der Waals surface area contributed by atoms with E-state index in [1.54, 1.807) is 31.2 Å². The van der Waals surface area contributed by atoms with Gasteiger partial charge in [-0.05, 0) is 24.6 Å². The first kappa shape index (κ1) is 20.2. The maximum absolute atomic E-state index is 12.5. The van der Waals surface area contributed by atoms with E-state index in [9.17, 15) is 13.2 Å². The maximum Gasteiger partial charge on any atom is 0.263 e. The van der Waals surface area contributed by atoms with Crippen LogP contribution in [-0.2, 0) is 26.2 Å². The van der Waals surface area contributed by atoms with Crippen LogP contribution in [0.4, 0.5) is 5.69 Å². The zero-order valence-corrected chi connectivity index (χ0v) is 16.5. The first-order valence-corrected chi connectivity index (χ1v) is 10.8. The number of nitrogens with one attached hydrogen (secondary N) is 1. The quantitative estimate of drug-likeness (QED) is 0.680. The van der Waals surface area contributed by atoms with Crippen LogP contribution in [0.5, 0.6) is 5.75 Å². The molecule has 1 aliphatic rings. The third-order valence-electron chi connectivity index (χ3n) is 4.39. The van der Waals surface area contributed by atoms with E-state index in [1.807, 2.05) is 30.3 Å². The zero-order valence-electron chi connectivity index (χ0n) is 15.7. The molecule has 0 saturated carbocycles. The van der Waals surface area contributed by atoms with Gasteiger partial charge in [0, 0.05) is 6.54 Å². The van der Waals surface area contributed by atoms with Crippen LogP contribution in [0.3, 0.4) is 0 Å². The minimum Gasteiger partial charge on any atom is -0.476 e. The largest absolute Gasteiger partial charge is 0.476 e.